The minimum absolute atomic E-state index is 0.382. The summed E-state index contributed by atoms with van der Waals surface area (Å²) in [6.45, 7) is 2.08. The third-order valence-corrected chi connectivity index (χ3v) is 1.56. The van der Waals surface area contributed by atoms with Crippen molar-refractivity contribution in [3.63, 3.8) is 0 Å². The van der Waals surface area contributed by atoms with Crippen molar-refractivity contribution in [3.8, 4) is 0 Å². The van der Waals surface area contributed by atoms with Crippen LogP contribution < -0.4 is 0 Å². The van der Waals surface area contributed by atoms with Gasteiger partial charge in [-0.25, -0.2) is 5.12 Å². The van der Waals surface area contributed by atoms with Crippen molar-refractivity contribution in [1.82, 2.24) is 10.1 Å². The van der Waals surface area contributed by atoms with Gasteiger partial charge in [0, 0.05) is 7.05 Å². The van der Waals surface area contributed by atoms with Crippen molar-refractivity contribution in [2.75, 3.05) is 13.6 Å². The average Bonchev–Trinajstić information content (AvgIpc) is 2.29. The quantitative estimate of drug-likeness (QED) is 0.614. The van der Waals surface area contributed by atoms with E-state index in [0.29, 0.717) is 6.54 Å². The van der Waals surface area contributed by atoms with Crippen molar-refractivity contribution in [2.45, 2.75) is 19.3 Å². The van der Waals surface area contributed by atoms with Crippen molar-refractivity contribution < 1.29 is 13.2 Å². The third kappa shape index (κ3) is 1.50. The lowest BCUT2D eigenvalue weighted by molar-refractivity contribution is -0.197. The van der Waals surface area contributed by atoms with Gasteiger partial charge in [0.1, 0.15) is 0 Å². The van der Waals surface area contributed by atoms with Crippen molar-refractivity contribution in [2.24, 2.45) is 10.3 Å². The molecule has 0 aromatic heterocycles. The summed E-state index contributed by atoms with van der Waals surface area (Å²) >= 11 is 0. The number of hydrogen-bond acceptors (Lipinski definition) is 4. The van der Waals surface area contributed by atoms with Gasteiger partial charge in [0.15, 0.2) is 0 Å². The highest BCUT2D eigenvalue weighted by Gasteiger charge is 2.47. The van der Waals surface area contributed by atoms with Crippen LogP contribution in [0.4, 0.5) is 13.2 Å². The van der Waals surface area contributed by atoms with E-state index < -0.39 is 12.3 Å². The molecule has 70 valence electrons. The van der Waals surface area contributed by atoms with Crippen LogP contribution in [-0.2, 0) is 0 Å². The van der Waals surface area contributed by atoms with Gasteiger partial charge in [0.05, 0.1) is 6.54 Å². The van der Waals surface area contributed by atoms with Crippen molar-refractivity contribution in [1.29, 1.82) is 0 Å². The largest absolute Gasteiger partial charge is 0.427 e. The van der Waals surface area contributed by atoms with Crippen LogP contribution in [0.15, 0.2) is 10.3 Å². The molecule has 0 aliphatic carbocycles. The molecule has 0 aromatic carbocycles. The molecule has 1 unspecified atom stereocenters. The van der Waals surface area contributed by atoms with Gasteiger partial charge in [0.25, 0.3) is 0 Å². The van der Waals surface area contributed by atoms with Gasteiger partial charge >= 0.3 is 6.18 Å². The molecule has 0 saturated carbocycles. The van der Waals surface area contributed by atoms with E-state index in [0.717, 1.165) is 10.1 Å². The van der Waals surface area contributed by atoms with Gasteiger partial charge in [-0.15, -0.1) is 5.11 Å². The van der Waals surface area contributed by atoms with Gasteiger partial charge in [-0.3, -0.25) is 0 Å². The zero-order valence-electron chi connectivity index (χ0n) is 6.71. The monoisotopic (exact) mass is 182 g/mol. The van der Waals surface area contributed by atoms with E-state index in [1.807, 2.05) is 0 Å². The van der Waals surface area contributed by atoms with E-state index in [2.05, 4.69) is 10.3 Å². The van der Waals surface area contributed by atoms with Gasteiger partial charge in [-0.1, -0.05) is 5.22 Å². The molecule has 4 nitrogen and oxygen atoms in total. The smallest absolute Gasteiger partial charge is 0.207 e. The summed E-state index contributed by atoms with van der Waals surface area (Å²) in [5.74, 6) is 0. The summed E-state index contributed by atoms with van der Waals surface area (Å²) in [6.07, 6.45) is -6.17. The second kappa shape index (κ2) is 2.89. The molecule has 7 heteroatoms. The van der Waals surface area contributed by atoms with E-state index in [1.54, 1.807) is 6.92 Å². The van der Waals surface area contributed by atoms with Crippen LogP contribution in [0, 0.1) is 0 Å². The lowest BCUT2D eigenvalue weighted by Gasteiger charge is -2.24. The molecular formula is C5H9F3N4. The summed E-state index contributed by atoms with van der Waals surface area (Å²) < 4.78 is 36.3. The Balaban J connectivity index is 2.68. The maximum Gasteiger partial charge on any atom is 0.427 e. The second-order valence-corrected chi connectivity index (χ2v) is 2.38. The Morgan fingerprint density at radius 1 is 1.42 bits per heavy atom. The molecule has 0 aromatic rings. The first kappa shape index (κ1) is 9.24. The Bertz CT molecular complexity index is 190. The first-order valence-electron chi connectivity index (χ1n) is 3.44. The Morgan fingerprint density at radius 2 is 2.00 bits per heavy atom. The zero-order chi connectivity index (χ0) is 9.35. The fourth-order valence-corrected chi connectivity index (χ4v) is 0.936. The standard InChI is InChI=1S/C5H9F3N4/c1-3-12-10-9-4(11(12)2)5(6,7)8/h4H,3H2,1-2H3. The van der Waals surface area contributed by atoms with Gasteiger partial charge < -0.3 is 0 Å². The van der Waals surface area contributed by atoms with Gasteiger partial charge in [-0.05, 0) is 6.92 Å². The number of alkyl halides is 3. The lowest BCUT2D eigenvalue weighted by Crippen LogP contribution is -2.45. The normalized spacial score (nSPS) is 25.4. The van der Waals surface area contributed by atoms with Crippen LogP contribution in [0.25, 0.3) is 0 Å². The van der Waals surface area contributed by atoms with E-state index in [1.165, 1.54) is 7.05 Å². The second-order valence-electron chi connectivity index (χ2n) is 2.38. The summed E-state index contributed by atoms with van der Waals surface area (Å²) in [4.78, 5) is 0. The molecule has 1 aliphatic heterocycles. The molecule has 0 amide bonds. The third-order valence-electron chi connectivity index (χ3n) is 1.56. The molecule has 0 N–H and O–H groups in total. The van der Waals surface area contributed by atoms with E-state index >= 15 is 0 Å². The van der Waals surface area contributed by atoms with Crippen LogP contribution in [0.2, 0.25) is 0 Å². The van der Waals surface area contributed by atoms with E-state index in [-0.39, 0.29) is 0 Å². The Kier molecular flexibility index (Phi) is 2.22. The highest BCUT2D eigenvalue weighted by Crippen LogP contribution is 2.29. The predicted molar refractivity (Wildman–Crippen MR) is 34.8 cm³/mol. The molecule has 0 bridgehead atoms. The molecule has 0 saturated heterocycles. The number of hydrazine groups is 1. The number of halogens is 3. The lowest BCUT2D eigenvalue weighted by atomic mass is 10.5. The molecular weight excluding hydrogens is 173 g/mol. The van der Waals surface area contributed by atoms with Crippen LogP contribution >= 0.6 is 0 Å². The summed E-state index contributed by atoms with van der Waals surface area (Å²) in [5, 5.41) is 8.56. The molecule has 0 spiro atoms. The molecule has 0 fully saturated rings. The first-order valence-corrected chi connectivity index (χ1v) is 3.44. The summed E-state index contributed by atoms with van der Waals surface area (Å²) in [5.41, 5.74) is 0. The maximum atomic E-state index is 12.1. The first-order chi connectivity index (χ1) is 5.46. The predicted octanol–water partition coefficient (Wildman–Crippen LogP) is 1.42. The minimum Gasteiger partial charge on any atom is -0.207 e. The molecule has 1 rings (SSSR count). The molecule has 1 atom stereocenters. The summed E-state index contributed by atoms with van der Waals surface area (Å²) in [6, 6.07) is 0. The molecule has 12 heavy (non-hydrogen) atoms. The molecule has 1 heterocycles. The fourth-order valence-electron chi connectivity index (χ4n) is 0.936. The number of hydrogen-bond donors (Lipinski definition) is 0. The fraction of sp³-hybridized carbons (Fsp3) is 1.00. The zero-order valence-corrected chi connectivity index (χ0v) is 6.71. The Hall–Kier alpha value is -0.850. The maximum absolute atomic E-state index is 12.1. The van der Waals surface area contributed by atoms with Crippen molar-refractivity contribution >= 4 is 0 Å². The SMILES string of the molecule is CCN1N=NC(C(F)(F)F)N1C. The topological polar surface area (TPSA) is 31.2 Å². The number of rotatable bonds is 1. The average molecular weight is 182 g/mol. The summed E-state index contributed by atoms with van der Waals surface area (Å²) in [7, 11) is 1.31. The molecule has 1 aliphatic rings. The highest BCUT2D eigenvalue weighted by molar-refractivity contribution is 4.73. The van der Waals surface area contributed by atoms with E-state index in [4.69, 9.17) is 0 Å². The van der Waals surface area contributed by atoms with Crippen LogP contribution in [0.3, 0.4) is 0 Å². The van der Waals surface area contributed by atoms with E-state index in [9.17, 15) is 13.2 Å². The number of nitrogens with zero attached hydrogens (tertiary/aromatic N) is 4. The van der Waals surface area contributed by atoms with Gasteiger partial charge in [0.2, 0.25) is 6.17 Å². The van der Waals surface area contributed by atoms with Gasteiger partial charge in [-0.2, -0.15) is 18.2 Å². The van der Waals surface area contributed by atoms with Crippen LogP contribution in [0.1, 0.15) is 6.92 Å². The highest BCUT2D eigenvalue weighted by atomic mass is 19.4. The Morgan fingerprint density at radius 3 is 2.25 bits per heavy atom. The van der Waals surface area contributed by atoms with Crippen LogP contribution in [0.5, 0.6) is 0 Å². The minimum atomic E-state index is -4.35. The molecule has 0 radical (unpaired) electrons. The van der Waals surface area contributed by atoms with Crippen molar-refractivity contribution in [3.05, 3.63) is 0 Å². The van der Waals surface area contributed by atoms with Crippen LogP contribution in [-0.4, -0.2) is 36.1 Å². The Labute approximate surface area is 67.6 Å².